The first-order chi connectivity index (χ1) is 8.58. The monoisotopic (exact) mass is 310 g/mol. The van der Waals surface area contributed by atoms with E-state index in [0.29, 0.717) is 5.75 Å². The standard InChI is InChI=1S/C12H11BrN2O3/c1-15-7-14-5-9(15)6-18-11-4-8(13)2-3-10(11)12(16)17/h2-5,7H,6H2,1H3,(H,16,17). The molecule has 1 heterocycles. The van der Waals surface area contributed by atoms with Crippen LogP contribution in [0.4, 0.5) is 0 Å². The van der Waals surface area contributed by atoms with Gasteiger partial charge in [0.05, 0.1) is 18.2 Å². The number of imidazole rings is 1. The molecule has 18 heavy (non-hydrogen) atoms. The molecule has 6 heteroatoms. The first-order valence-electron chi connectivity index (χ1n) is 5.19. The summed E-state index contributed by atoms with van der Waals surface area (Å²) in [6.07, 6.45) is 3.34. The third kappa shape index (κ3) is 2.70. The highest BCUT2D eigenvalue weighted by atomic mass is 79.9. The lowest BCUT2D eigenvalue weighted by molar-refractivity contribution is 0.0691. The number of benzene rings is 1. The van der Waals surface area contributed by atoms with Crippen LogP contribution in [0.1, 0.15) is 16.1 Å². The predicted octanol–water partition coefficient (Wildman–Crippen LogP) is 2.46. The molecule has 0 aliphatic carbocycles. The molecule has 2 aromatic rings. The molecule has 0 spiro atoms. The summed E-state index contributed by atoms with van der Waals surface area (Å²) in [5.41, 5.74) is 1.01. The second kappa shape index (κ2) is 5.22. The third-order valence-corrected chi connectivity index (χ3v) is 2.96. The van der Waals surface area contributed by atoms with Crippen molar-refractivity contribution in [1.82, 2.24) is 9.55 Å². The molecule has 0 atom stereocenters. The van der Waals surface area contributed by atoms with Crippen molar-refractivity contribution in [2.24, 2.45) is 7.05 Å². The molecule has 1 N–H and O–H groups in total. The Morgan fingerprint density at radius 1 is 1.56 bits per heavy atom. The minimum Gasteiger partial charge on any atom is -0.486 e. The van der Waals surface area contributed by atoms with E-state index in [4.69, 9.17) is 9.84 Å². The Kier molecular flexibility index (Phi) is 3.66. The summed E-state index contributed by atoms with van der Waals surface area (Å²) >= 11 is 3.29. The molecule has 0 saturated heterocycles. The van der Waals surface area contributed by atoms with Crippen molar-refractivity contribution in [2.75, 3.05) is 0 Å². The molecule has 1 aromatic heterocycles. The fourth-order valence-corrected chi connectivity index (χ4v) is 1.81. The largest absolute Gasteiger partial charge is 0.486 e. The Morgan fingerprint density at radius 2 is 2.33 bits per heavy atom. The topological polar surface area (TPSA) is 64.4 Å². The summed E-state index contributed by atoms with van der Waals surface area (Å²) in [6.45, 7) is 0.271. The Morgan fingerprint density at radius 3 is 2.94 bits per heavy atom. The number of hydrogen-bond acceptors (Lipinski definition) is 3. The Bertz CT molecular complexity index is 580. The number of ether oxygens (including phenoxy) is 1. The van der Waals surface area contributed by atoms with Crippen molar-refractivity contribution in [3.05, 3.63) is 46.5 Å². The SMILES string of the molecule is Cn1cncc1COc1cc(Br)ccc1C(=O)O. The van der Waals surface area contributed by atoms with Gasteiger partial charge in [0.15, 0.2) is 0 Å². The summed E-state index contributed by atoms with van der Waals surface area (Å²) in [7, 11) is 1.85. The van der Waals surface area contributed by atoms with E-state index in [1.54, 1.807) is 24.7 Å². The van der Waals surface area contributed by atoms with Gasteiger partial charge in [0, 0.05) is 11.5 Å². The number of halogens is 1. The zero-order valence-electron chi connectivity index (χ0n) is 9.63. The van der Waals surface area contributed by atoms with Crippen molar-refractivity contribution >= 4 is 21.9 Å². The molecule has 0 amide bonds. The van der Waals surface area contributed by atoms with Crippen LogP contribution < -0.4 is 4.74 Å². The van der Waals surface area contributed by atoms with Crippen LogP contribution in [-0.2, 0) is 13.7 Å². The number of carbonyl (C=O) groups is 1. The zero-order chi connectivity index (χ0) is 13.1. The van der Waals surface area contributed by atoms with E-state index in [9.17, 15) is 4.79 Å². The molecule has 0 aliphatic heterocycles. The highest BCUT2D eigenvalue weighted by molar-refractivity contribution is 9.10. The van der Waals surface area contributed by atoms with Crippen molar-refractivity contribution in [1.29, 1.82) is 0 Å². The van der Waals surface area contributed by atoms with Crippen molar-refractivity contribution in [3.63, 3.8) is 0 Å². The predicted molar refractivity (Wildman–Crippen MR) is 68.6 cm³/mol. The van der Waals surface area contributed by atoms with Gasteiger partial charge in [-0.25, -0.2) is 9.78 Å². The number of aryl methyl sites for hydroxylation is 1. The molecule has 1 aromatic carbocycles. The van der Waals surface area contributed by atoms with E-state index in [2.05, 4.69) is 20.9 Å². The smallest absolute Gasteiger partial charge is 0.339 e. The highest BCUT2D eigenvalue weighted by Gasteiger charge is 2.12. The molecule has 0 bridgehead atoms. The lowest BCUT2D eigenvalue weighted by atomic mass is 10.2. The highest BCUT2D eigenvalue weighted by Crippen LogP contribution is 2.24. The first-order valence-corrected chi connectivity index (χ1v) is 5.98. The molecule has 94 valence electrons. The van der Waals surface area contributed by atoms with Gasteiger partial charge in [-0.2, -0.15) is 0 Å². The Balaban J connectivity index is 2.20. The van der Waals surface area contributed by atoms with E-state index in [1.165, 1.54) is 6.07 Å². The van der Waals surface area contributed by atoms with E-state index in [1.807, 2.05) is 11.6 Å². The maximum Gasteiger partial charge on any atom is 0.339 e. The van der Waals surface area contributed by atoms with E-state index in [-0.39, 0.29) is 12.2 Å². The summed E-state index contributed by atoms with van der Waals surface area (Å²) < 4.78 is 8.12. The number of carboxylic acids is 1. The Labute approximate surface area is 112 Å². The zero-order valence-corrected chi connectivity index (χ0v) is 11.2. The number of aromatic nitrogens is 2. The maximum atomic E-state index is 11.0. The average Bonchev–Trinajstić information content (AvgIpc) is 2.72. The summed E-state index contributed by atoms with van der Waals surface area (Å²) in [5.74, 6) is -0.680. The van der Waals surface area contributed by atoms with Crippen LogP contribution in [0, 0.1) is 0 Å². The summed E-state index contributed by atoms with van der Waals surface area (Å²) in [5, 5.41) is 9.06. The van der Waals surface area contributed by atoms with Crippen molar-refractivity contribution in [2.45, 2.75) is 6.61 Å². The average molecular weight is 311 g/mol. The van der Waals surface area contributed by atoms with E-state index >= 15 is 0 Å². The van der Waals surface area contributed by atoms with E-state index < -0.39 is 5.97 Å². The van der Waals surface area contributed by atoms with Gasteiger partial charge in [-0.15, -0.1) is 0 Å². The molecule has 0 fully saturated rings. The van der Waals surface area contributed by atoms with E-state index in [0.717, 1.165) is 10.2 Å². The number of rotatable bonds is 4. The molecule has 0 aliphatic rings. The maximum absolute atomic E-state index is 11.0. The van der Waals surface area contributed by atoms with Gasteiger partial charge >= 0.3 is 5.97 Å². The van der Waals surface area contributed by atoms with Crippen LogP contribution in [0.2, 0.25) is 0 Å². The summed E-state index contributed by atoms with van der Waals surface area (Å²) in [4.78, 5) is 15.0. The number of hydrogen-bond donors (Lipinski definition) is 1. The van der Waals surface area contributed by atoms with Gasteiger partial charge in [0.25, 0.3) is 0 Å². The van der Waals surface area contributed by atoms with Crippen LogP contribution in [-0.4, -0.2) is 20.6 Å². The lowest BCUT2D eigenvalue weighted by Gasteiger charge is -2.09. The molecule has 0 unspecified atom stereocenters. The minimum absolute atomic E-state index is 0.139. The fraction of sp³-hybridized carbons (Fsp3) is 0.167. The number of carboxylic acid groups (broad SMARTS) is 1. The van der Waals surface area contributed by atoms with Gasteiger partial charge in [-0.1, -0.05) is 15.9 Å². The minimum atomic E-state index is -1.01. The van der Waals surface area contributed by atoms with Gasteiger partial charge in [-0.05, 0) is 18.2 Å². The first kappa shape index (κ1) is 12.6. The molecule has 5 nitrogen and oxygen atoms in total. The number of aromatic carboxylic acids is 1. The Hall–Kier alpha value is -1.82. The lowest BCUT2D eigenvalue weighted by Crippen LogP contribution is -2.05. The van der Waals surface area contributed by atoms with Crippen molar-refractivity contribution < 1.29 is 14.6 Å². The normalized spacial score (nSPS) is 10.3. The van der Waals surface area contributed by atoms with Crippen LogP contribution >= 0.6 is 15.9 Å². The second-order valence-corrected chi connectivity index (χ2v) is 4.65. The van der Waals surface area contributed by atoms with Gasteiger partial charge < -0.3 is 14.4 Å². The molecular formula is C12H11BrN2O3. The molecular weight excluding hydrogens is 300 g/mol. The fourth-order valence-electron chi connectivity index (χ4n) is 1.47. The molecule has 0 radical (unpaired) electrons. The summed E-state index contributed by atoms with van der Waals surface area (Å²) in [6, 6.07) is 4.81. The van der Waals surface area contributed by atoms with Gasteiger partial charge in [-0.3, -0.25) is 0 Å². The van der Waals surface area contributed by atoms with Crippen LogP contribution in [0.3, 0.4) is 0 Å². The van der Waals surface area contributed by atoms with Crippen LogP contribution in [0.5, 0.6) is 5.75 Å². The van der Waals surface area contributed by atoms with Gasteiger partial charge in [0.1, 0.15) is 17.9 Å². The molecule has 2 rings (SSSR count). The second-order valence-electron chi connectivity index (χ2n) is 3.73. The number of nitrogens with zero attached hydrogens (tertiary/aromatic N) is 2. The van der Waals surface area contributed by atoms with Crippen molar-refractivity contribution in [3.8, 4) is 5.75 Å². The third-order valence-electron chi connectivity index (χ3n) is 2.47. The van der Waals surface area contributed by atoms with Crippen LogP contribution in [0.15, 0.2) is 35.2 Å². The van der Waals surface area contributed by atoms with Gasteiger partial charge in [0.2, 0.25) is 0 Å². The quantitative estimate of drug-likeness (QED) is 0.942. The van der Waals surface area contributed by atoms with Crippen LogP contribution in [0.25, 0.3) is 0 Å². The molecule has 0 saturated carbocycles.